The van der Waals surface area contributed by atoms with Gasteiger partial charge < -0.3 is 15.2 Å². The number of para-hydroxylation sites is 1. The first-order chi connectivity index (χ1) is 9.24. The molecular weight excluding hydrogens is 282 g/mol. The van der Waals surface area contributed by atoms with Gasteiger partial charge in [-0.15, -0.1) is 0 Å². The monoisotopic (exact) mass is 303 g/mol. The lowest BCUT2D eigenvalue weighted by molar-refractivity contribution is 0.106. The van der Waals surface area contributed by atoms with Crippen molar-refractivity contribution >= 4 is 23.4 Å². The SMILES string of the molecule is CCSCCCNC[C@H](O)COc1ccccc1Cl. The molecule has 1 atom stereocenters. The van der Waals surface area contributed by atoms with E-state index in [9.17, 15) is 5.11 Å². The Hall–Kier alpha value is -0.420. The molecule has 19 heavy (non-hydrogen) atoms. The average molecular weight is 304 g/mol. The van der Waals surface area contributed by atoms with Crippen LogP contribution in [0, 0.1) is 0 Å². The zero-order valence-electron chi connectivity index (χ0n) is 11.3. The van der Waals surface area contributed by atoms with Gasteiger partial charge in [0.05, 0.1) is 5.02 Å². The van der Waals surface area contributed by atoms with Crippen molar-refractivity contribution in [1.82, 2.24) is 5.32 Å². The maximum Gasteiger partial charge on any atom is 0.138 e. The quantitative estimate of drug-likeness (QED) is 0.652. The Morgan fingerprint density at radius 3 is 2.95 bits per heavy atom. The van der Waals surface area contributed by atoms with Crippen molar-refractivity contribution in [2.24, 2.45) is 0 Å². The van der Waals surface area contributed by atoms with Gasteiger partial charge in [-0.05, 0) is 36.6 Å². The first-order valence-corrected chi connectivity index (χ1v) is 8.11. The molecule has 0 spiro atoms. The molecule has 0 bridgehead atoms. The standard InChI is InChI=1S/C14H22ClNO2S/c1-2-19-9-5-8-16-10-12(17)11-18-14-7-4-3-6-13(14)15/h3-4,6-7,12,16-17H,2,5,8-11H2,1H3/t12-/m0/s1. The Morgan fingerprint density at radius 2 is 2.21 bits per heavy atom. The molecule has 1 aromatic carbocycles. The Labute approximate surface area is 124 Å². The molecule has 0 aliphatic heterocycles. The van der Waals surface area contributed by atoms with Gasteiger partial charge in [-0.3, -0.25) is 0 Å². The van der Waals surface area contributed by atoms with Gasteiger partial charge in [0.2, 0.25) is 0 Å². The Morgan fingerprint density at radius 1 is 1.42 bits per heavy atom. The van der Waals surface area contributed by atoms with Crippen LogP contribution in [0.3, 0.4) is 0 Å². The van der Waals surface area contributed by atoms with Crippen LogP contribution < -0.4 is 10.1 Å². The van der Waals surface area contributed by atoms with Crippen molar-refractivity contribution in [2.45, 2.75) is 19.4 Å². The lowest BCUT2D eigenvalue weighted by Gasteiger charge is -2.13. The third kappa shape index (κ3) is 7.67. The molecule has 0 unspecified atom stereocenters. The van der Waals surface area contributed by atoms with E-state index < -0.39 is 6.10 Å². The van der Waals surface area contributed by atoms with Crippen molar-refractivity contribution in [3.05, 3.63) is 29.3 Å². The van der Waals surface area contributed by atoms with Crippen LogP contribution in [0.25, 0.3) is 0 Å². The lowest BCUT2D eigenvalue weighted by atomic mass is 10.3. The van der Waals surface area contributed by atoms with Crippen molar-refractivity contribution in [1.29, 1.82) is 0 Å². The van der Waals surface area contributed by atoms with E-state index in [0.717, 1.165) is 24.5 Å². The highest BCUT2D eigenvalue weighted by Gasteiger charge is 2.06. The summed E-state index contributed by atoms with van der Waals surface area (Å²) >= 11 is 7.89. The van der Waals surface area contributed by atoms with Gasteiger partial charge in [-0.1, -0.05) is 30.7 Å². The Kier molecular flexibility index (Phi) is 9.08. The number of hydrogen-bond acceptors (Lipinski definition) is 4. The van der Waals surface area contributed by atoms with Crippen LogP contribution in [-0.2, 0) is 0 Å². The van der Waals surface area contributed by atoms with Crippen LogP contribution in [0.2, 0.25) is 5.02 Å². The minimum absolute atomic E-state index is 0.250. The van der Waals surface area contributed by atoms with Gasteiger partial charge in [0.25, 0.3) is 0 Å². The van der Waals surface area contributed by atoms with Crippen LogP contribution in [0.4, 0.5) is 0 Å². The first kappa shape index (κ1) is 16.6. The van der Waals surface area contributed by atoms with Crippen molar-refractivity contribution in [3.63, 3.8) is 0 Å². The van der Waals surface area contributed by atoms with E-state index in [4.69, 9.17) is 16.3 Å². The molecule has 0 amide bonds. The number of halogens is 1. The first-order valence-electron chi connectivity index (χ1n) is 6.58. The Balaban J connectivity index is 2.08. The van der Waals surface area contributed by atoms with Crippen LogP contribution >= 0.6 is 23.4 Å². The predicted molar refractivity (Wildman–Crippen MR) is 83.4 cm³/mol. The topological polar surface area (TPSA) is 41.5 Å². The third-order valence-corrected chi connectivity index (χ3v) is 3.79. The number of rotatable bonds is 10. The summed E-state index contributed by atoms with van der Waals surface area (Å²) in [6, 6.07) is 7.27. The minimum Gasteiger partial charge on any atom is -0.489 e. The van der Waals surface area contributed by atoms with Crippen LogP contribution in [-0.4, -0.2) is 42.4 Å². The number of aliphatic hydroxyl groups excluding tert-OH is 1. The van der Waals surface area contributed by atoms with Crippen molar-refractivity contribution in [2.75, 3.05) is 31.2 Å². The van der Waals surface area contributed by atoms with E-state index in [-0.39, 0.29) is 6.61 Å². The summed E-state index contributed by atoms with van der Waals surface area (Å²) in [6.07, 6.45) is 0.603. The maximum atomic E-state index is 9.77. The summed E-state index contributed by atoms with van der Waals surface area (Å²) in [7, 11) is 0. The van der Waals surface area contributed by atoms with E-state index in [0.29, 0.717) is 17.3 Å². The molecule has 3 nitrogen and oxygen atoms in total. The highest BCUT2D eigenvalue weighted by atomic mass is 35.5. The molecule has 0 saturated heterocycles. The van der Waals surface area contributed by atoms with Crippen LogP contribution in [0.15, 0.2) is 24.3 Å². The summed E-state index contributed by atoms with van der Waals surface area (Å²) in [5.74, 6) is 2.94. The summed E-state index contributed by atoms with van der Waals surface area (Å²) in [4.78, 5) is 0. The zero-order valence-corrected chi connectivity index (χ0v) is 12.8. The van der Waals surface area contributed by atoms with E-state index in [1.807, 2.05) is 23.9 Å². The molecule has 0 aliphatic carbocycles. The van der Waals surface area contributed by atoms with E-state index in [1.165, 1.54) is 0 Å². The minimum atomic E-state index is -0.518. The van der Waals surface area contributed by atoms with Gasteiger partial charge in [-0.25, -0.2) is 0 Å². The molecule has 0 radical (unpaired) electrons. The second-order valence-electron chi connectivity index (χ2n) is 4.15. The smallest absolute Gasteiger partial charge is 0.138 e. The number of benzene rings is 1. The molecule has 0 aromatic heterocycles. The summed E-state index contributed by atoms with van der Waals surface area (Å²) in [6.45, 7) is 3.88. The summed E-state index contributed by atoms with van der Waals surface area (Å²) in [5, 5.41) is 13.6. The maximum absolute atomic E-state index is 9.77. The fourth-order valence-electron chi connectivity index (χ4n) is 1.52. The molecule has 5 heteroatoms. The summed E-state index contributed by atoms with van der Waals surface area (Å²) in [5.41, 5.74) is 0. The molecule has 0 aliphatic rings. The fourth-order valence-corrected chi connectivity index (χ4v) is 2.35. The molecule has 1 aromatic rings. The van der Waals surface area contributed by atoms with Crippen LogP contribution in [0.5, 0.6) is 5.75 Å². The number of nitrogens with one attached hydrogen (secondary N) is 1. The number of ether oxygens (including phenoxy) is 1. The van der Waals surface area contributed by atoms with Gasteiger partial charge in [0.15, 0.2) is 0 Å². The normalized spacial score (nSPS) is 12.4. The molecule has 2 N–H and O–H groups in total. The fraction of sp³-hybridized carbons (Fsp3) is 0.571. The highest BCUT2D eigenvalue weighted by Crippen LogP contribution is 2.22. The van der Waals surface area contributed by atoms with Gasteiger partial charge in [-0.2, -0.15) is 11.8 Å². The largest absolute Gasteiger partial charge is 0.489 e. The molecule has 1 rings (SSSR count). The molecular formula is C14H22ClNO2S. The average Bonchev–Trinajstić information content (AvgIpc) is 2.42. The van der Waals surface area contributed by atoms with E-state index >= 15 is 0 Å². The van der Waals surface area contributed by atoms with Crippen molar-refractivity contribution < 1.29 is 9.84 Å². The van der Waals surface area contributed by atoms with Gasteiger partial charge in [0.1, 0.15) is 18.5 Å². The summed E-state index contributed by atoms with van der Waals surface area (Å²) < 4.78 is 5.47. The zero-order chi connectivity index (χ0) is 13.9. The van der Waals surface area contributed by atoms with E-state index in [2.05, 4.69) is 12.2 Å². The second kappa shape index (κ2) is 10.4. The molecule has 0 saturated carbocycles. The van der Waals surface area contributed by atoms with Crippen LogP contribution in [0.1, 0.15) is 13.3 Å². The van der Waals surface area contributed by atoms with Crippen molar-refractivity contribution in [3.8, 4) is 5.75 Å². The third-order valence-electron chi connectivity index (χ3n) is 2.49. The number of thioether (sulfide) groups is 1. The highest BCUT2D eigenvalue weighted by molar-refractivity contribution is 7.99. The second-order valence-corrected chi connectivity index (χ2v) is 5.95. The number of aliphatic hydroxyl groups is 1. The van der Waals surface area contributed by atoms with Gasteiger partial charge >= 0.3 is 0 Å². The Bertz CT molecular complexity index is 352. The predicted octanol–water partition coefficient (Wildman–Crippen LogP) is 2.81. The van der Waals surface area contributed by atoms with Gasteiger partial charge in [0, 0.05) is 6.54 Å². The molecule has 0 heterocycles. The van der Waals surface area contributed by atoms with E-state index in [1.54, 1.807) is 12.1 Å². The number of hydrogen-bond donors (Lipinski definition) is 2. The molecule has 0 fully saturated rings. The lowest BCUT2D eigenvalue weighted by Crippen LogP contribution is -2.32. The molecule has 108 valence electrons.